The van der Waals surface area contributed by atoms with Gasteiger partial charge in [0.05, 0.1) is 23.9 Å². The zero-order valence-electron chi connectivity index (χ0n) is 16.5. The van der Waals surface area contributed by atoms with Crippen molar-refractivity contribution >= 4 is 32.6 Å². The van der Waals surface area contributed by atoms with Gasteiger partial charge in [0.1, 0.15) is 0 Å². The zero-order valence-corrected chi connectivity index (χ0v) is 17.3. The van der Waals surface area contributed by atoms with E-state index in [0.717, 1.165) is 16.3 Å². The van der Waals surface area contributed by atoms with Gasteiger partial charge in [0.2, 0.25) is 21.8 Å². The van der Waals surface area contributed by atoms with Gasteiger partial charge in [0.25, 0.3) is 0 Å². The monoisotopic (exact) mass is 425 g/mol. The Labute approximate surface area is 175 Å². The molecule has 0 aromatic heterocycles. The first-order valence-corrected chi connectivity index (χ1v) is 10.9. The van der Waals surface area contributed by atoms with E-state index in [0.29, 0.717) is 5.56 Å². The van der Waals surface area contributed by atoms with E-state index in [1.165, 1.54) is 12.1 Å². The van der Waals surface area contributed by atoms with Crippen LogP contribution < -0.4 is 15.8 Å². The average Bonchev–Trinajstić information content (AvgIpc) is 2.72. The Hall–Kier alpha value is -3.23. The lowest BCUT2D eigenvalue weighted by Crippen LogP contribution is -2.38. The Morgan fingerprint density at radius 1 is 0.967 bits per heavy atom. The van der Waals surface area contributed by atoms with Gasteiger partial charge in [-0.25, -0.2) is 13.6 Å². The molecule has 7 nitrogen and oxygen atoms in total. The van der Waals surface area contributed by atoms with Crippen LogP contribution in [0.1, 0.15) is 24.1 Å². The second-order valence-electron chi connectivity index (χ2n) is 7.00. The van der Waals surface area contributed by atoms with Crippen LogP contribution in [0.25, 0.3) is 10.8 Å². The number of fused-ring (bicyclic) bond motifs is 1. The molecule has 0 aliphatic carbocycles. The average molecular weight is 426 g/mol. The molecule has 0 radical (unpaired) electrons. The van der Waals surface area contributed by atoms with E-state index in [9.17, 15) is 18.0 Å². The van der Waals surface area contributed by atoms with Crippen LogP contribution in [0.2, 0.25) is 0 Å². The van der Waals surface area contributed by atoms with Crippen molar-refractivity contribution in [1.82, 2.24) is 10.6 Å². The maximum absolute atomic E-state index is 12.3. The van der Waals surface area contributed by atoms with Crippen molar-refractivity contribution in [3.8, 4) is 0 Å². The summed E-state index contributed by atoms with van der Waals surface area (Å²) in [4.78, 5) is 24.5. The molecule has 156 valence electrons. The maximum atomic E-state index is 12.3. The summed E-state index contributed by atoms with van der Waals surface area (Å²) in [6.07, 6.45) is 0.167. The standard InChI is InChI=1S/C22H23N3O4S/c1-15(17-8-5-10-19(12-17)30(23,28)29)25-22(27)14-24-21(26)13-18-9-4-7-16-6-2-3-11-20(16)18/h2-12,15H,13-14H2,1H3,(H,24,26)(H,25,27)(H2,23,28,29)/t15-/m0/s1. The van der Waals surface area contributed by atoms with Gasteiger partial charge in [-0.2, -0.15) is 0 Å². The second-order valence-corrected chi connectivity index (χ2v) is 8.56. The zero-order chi connectivity index (χ0) is 21.7. The third kappa shape index (κ3) is 5.43. The van der Waals surface area contributed by atoms with E-state index in [4.69, 9.17) is 5.14 Å². The van der Waals surface area contributed by atoms with Crippen LogP contribution in [0.4, 0.5) is 0 Å². The number of nitrogens with one attached hydrogen (secondary N) is 2. The smallest absolute Gasteiger partial charge is 0.239 e. The number of hydrogen-bond donors (Lipinski definition) is 3. The molecule has 30 heavy (non-hydrogen) atoms. The highest BCUT2D eigenvalue weighted by Gasteiger charge is 2.14. The fraction of sp³-hybridized carbons (Fsp3) is 0.182. The molecule has 3 aromatic carbocycles. The fourth-order valence-electron chi connectivity index (χ4n) is 3.20. The van der Waals surface area contributed by atoms with Crippen molar-refractivity contribution in [2.24, 2.45) is 5.14 Å². The van der Waals surface area contributed by atoms with Gasteiger partial charge < -0.3 is 10.6 Å². The number of amides is 2. The van der Waals surface area contributed by atoms with E-state index in [1.54, 1.807) is 19.1 Å². The number of hydrogen-bond acceptors (Lipinski definition) is 4. The van der Waals surface area contributed by atoms with Crippen LogP contribution in [0.3, 0.4) is 0 Å². The molecular weight excluding hydrogens is 402 g/mol. The Morgan fingerprint density at radius 2 is 1.67 bits per heavy atom. The number of rotatable bonds is 7. The quantitative estimate of drug-likeness (QED) is 0.537. The predicted octanol–water partition coefficient (Wildman–Crippen LogP) is 2.02. The third-order valence-electron chi connectivity index (χ3n) is 4.74. The first kappa shape index (κ1) is 21.5. The molecule has 0 aliphatic rings. The number of nitrogens with two attached hydrogens (primary N) is 1. The third-order valence-corrected chi connectivity index (χ3v) is 5.65. The molecule has 4 N–H and O–H groups in total. The normalized spacial score (nSPS) is 12.3. The first-order chi connectivity index (χ1) is 14.2. The molecule has 1 atom stereocenters. The molecule has 0 saturated carbocycles. The minimum absolute atomic E-state index is 0.0236. The minimum atomic E-state index is -3.82. The van der Waals surface area contributed by atoms with Crippen molar-refractivity contribution in [1.29, 1.82) is 0 Å². The van der Waals surface area contributed by atoms with Crippen LogP contribution >= 0.6 is 0 Å². The molecule has 8 heteroatoms. The molecule has 2 amide bonds. The highest BCUT2D eigenvalue weighted by Crippen LogP contribution is 2.19. The van der Waals surface area contributed by atoms with Crippen molar-refractivity contribution in [2.75, 3.05) is 6.54 Å². The molecule has 0 bridgehead atoms. The Morgan fingerprint density at radius 3 is 2.43 bits per heavy atom. The van der Waals surface area contributed by atoms with Crippen molar-refractivity contribution in [3.63, 3.8) is 0 Å². The summed E-state index contributed by atoms with van der Waals surface area (Å²) in [5.74, 6) is -0.639. The van der Waals surface area contributed by atoms with Crippen LogP contribution in [-0.4, -0.2) is 26.8 Å². The molecule has 0 saturated heterocycles. The van der Waals surface area contributed by atoms with Gasteiger partial charge in [-0.1, -0.05) is 54.6 Å². The van der Waals surface area contributed by atoms with Gasteiger partial charge in [-0.15, -0.1) is 0 Å². The van der Waals surface area contributed by atoms with Crippen LogP contribution in [0.15, 0.2) is 71.6 Å². The van der Waals surface area contributed by atoms with E-state index in [2.05, 4.69) is 10.6 Å². The largest absolute Gasteiger partial charge is 0.348 e. The number of sulfonamides is 1. The summed E-state index contributed by atoms with van der Waals surface area (Å²) >= 11 is 0. The van der Waals surface area contributed by atoms with E-state index in [-0.39, 0.29) is 29.7 Å². The number of benzene rings is 3. The molecule has 0 unspecified atom stereocenters. The number of primary sulfonamides is 1. The van der Waals surface area contributed by atoms with Gasteiger partial charge >= 0.3 is 0 Å². The molecule has 3 rings (SSSR count). The van der Waals surface area contributed by atoms with Gasteiger partial charge in [-0.3, -0.25) is 9.59 Å². The Kier molecular flexibility index (Phi) is 6.49. The molecule has 0 heterocycles. The number of carbonyl (C=O) groups is 2. The molecular formula is C22H23N3O4S. The minimum Gasteiger partial charge on any atom is -0.348 e. The lowest BCUT2D eigenvalue weighted by Gasteiger charge is -2.15. The maximum Gasteiger partial charge on any atom is 0.239 e. The SMILES string of the molecule is C[C@H](NC(=O)CNC(=O)Cc1cccc2ccccc12)c1cccc(S(N)(=O)=O)c1. The summed E-state index contributed by atoms with van der Waals surface area (Å²) < 4.78 is 23.0. The highest BCUT2D eigenvalue weighted by atomic mass is 32.2. The van der Waals surface area contributed by atoms with Gasteiger partial charge in [-0.05, 0) is 41.0 Å². The second kappa shape index (κ2) is 9.06. The predicted molar refractivity (Wildman–Crippen MR) is 115 cm³/mol. The first-order valence-electron chi connectivity index (χ1n) is 9.39. The van der Waals surface area contributed by atoms with E-state index < -0.39 is 16.1 Å². The molecule has 0 aliphatic heterocycles. The number of carbonyl (C=O) groups excluding carboxylic acids is 2. The summed E-state index contributed by atoms with van der Waals surface area (Å²) in [6.45, 7) is 1.54. The molecule has 3 aromatic rings. The highest BCUT2D eigenvalue weighted by molar-refractivity contribution is 7.89. The lowest BCUT2D eigenvalue weighted by atomic mass is 10.0. The van der Waals surface area contributed by atoms with E-state index >= 15 is 0 Å². The topological polar surface area (TPSA) is 118 Å². The molecule has 0 fully saturated rings. The summed E-state index contributed by atoms with van der Waals surface area (Å²) in [5, 5.41) is 12.6. The van der Waals surface area contributed by atoms with Crippen molar-refractivity contribution < 1.29 is 18.0 Å². The van der Waals surface area contributed by atoms with Crippen LogP contribution in [-0.2, 0) is 26.0 Å². The lowest BCUT2D eigenvalue weighted by molar-refractivity contribution is -0.126. The van der Waals surface area contributed by atoms with E-state index in [1.807, 2.05) is 42.5 Å². The van der Waals surface area contributed by atoms with Crippen LogP contribution in [0.5, 0.6) is 0 Å². The Bertz CT molecular complexity index is 1190. The molecule has 0 spiro atoms. The summed E-state index contributed by atoms with van der Waals surface area (Å²) in [5.41, 5.74) is 1.48. The fourth-order valence-corrected chi connectivity index (χ4v) is 3.77. The van der Waals surface area contributed by atoms with Gasteiger partial charge in [0.15, 0.2) is 0 Å². The van der Waals surface area contributed by atoms with Crippen molar-refractivity contribution in [3.05, 3.63) is 77.9 Å². The summed E-state index contributed by atoms with van der Waals surface area (Å²) in [6, 6.07) is 19.2. The van der Waals surface area contributed by atoms with Crippen LogP contribution in [0, 0.1) is 0 Å². The van der Waals surface area contributed by atoms with Crippen molar-refractivity contribution in [2.45, 2.75) is 24.3 Å². The summed E-state index contributed by atoms with van der Waals surface area (Å²) in [7, 11) is -3.82. The Balaban J connectivity index is 1.56. The van der Waals surface area contributed by atoms with Gasteiger partial charge in [0, 0.05) is 0 Å².